The third-order valence-corrected chi connectivity index (χ3v) is 4.47. The maximum absolute atomic E-state index is 5.62. The van der Waals surface area contributed by atoms with Crippen molar-refractivity contribution in [2.24, 2.45) is 4.99 Å². The van der Waals surface area contributed by atoms with Crippen LogP contribution in [0, 0.1) is 0 Å². The lowest BCUT2D eigenvalue weighted by atomic mass is 10.2. The summed E-state index contributed by atoms with van der Waals surface area (Å²) in [4.78, 5) is 13.6. The van der Waals surface area contributed by atoms with Crippen molar-refractivity contribution in [2.45, 2.75) is 13.5 Å². The highest BCUT2D eigenvalue weighted by Crippen LogP contribution is 2.26. The molecule has 0 saturated heterocycles. The van der Waals surface area contributed by atoms with E-state index in [-0.39, 0.29) is 0 Å². The molecular formula is C18H19N3O2S. The number of hydrogen-bond acceptors (Lipinski definition) is 6. The van der Waals surface area contributed by atoms with Crippen molar-refractivity contribution >= 4 is 27.3 Å². The van der Waals surface area contributed by atoms with Crippen LogP contribution in [0.1, 0.15) is 17.6 Å². The first-order chi connectivity index (χ1) is 11.8. The number of pyridine rings is 1. The fourth-order valence-electron chi connectivity index (χ4n) is 2.20. The molecule has 0 saturated carbocycles. The first-order valence-corrected chi connectivity index (χ1v) is 8.51. The van der Waals surface area contributed by atoms with Crippen LogP contribution in [0.25, 0.3) is 10.2 Å². The molecule has 24 heavy (non-hydrogen) atoms. The fourth-order valence-corrected chi connectivity index (χ4v) is 3.07. The highest BCUT2D eigenvalue weighted by atomic mass is 32.1. The minimum Gasteiger partial charge on any atom is -0.491 e. The van der Waals surface area contributed by atoms with Gasteiger partial charge in [0.1, 0.15) is 17.4 Å². The Labute approximate surface area is 145 Å². The predicted molar refractivity (Wildman–Crippen MR) is 97.1 cm³/mol. The van der Waals surface area contributed by atoms with Crippen molar-refractivity contribution in [3.63, 3.8) is 0 Å². The van der Waals surface area contributed by atoms with Gasteiger partial charge in [-0.3, -0.25) is 9.98 Å². The zero-order chi connectivity index (χ0) is 16.8. The average Bonchev–Trinajstić information content (AvgIpc) is 3.03. The maximum Gasteiger partial charge on any atom is 0.121 e. The van der Waals surface area contributed by atoms with E-state index < -0.39 is 0 Å². The molecule has 0 fully saturated rings. The van der Waals surface area contributed by atoms with Crippen LogP contribution >= 0.6 is 11.3 Å². The SMILES string of the molecule is COCCOc1ccc2sc(CN=C(C)c3ccccn3)nc2c1. The second kappa shape index (κ2) is 7.99. The number of thiazole rings is 1. The molecule has 0 aliphatic carbocycles. The second-order valence-corrected chi connectivity index (χ2v) is 6.31. The van der Waals surface area contributed by atoms with Gasteiger partial charge in [-0.05, 0) is 31.2 Å². The Hall–Kier alpha value is -2.31. The number of aromatic nitrogens is 2. The summed E-state index contributed by atoms with van der Waals surface area (Å²) in [5.41, 5.74) is 2.75. The van der Waals surface area contributed by atoms with E-state index in [1.807, 2.05) is 43.3 Å². The van der Waals surface area contributed by atoms with Gasteiger partial charge in [-0.2, -0.15) is 0 Å². The molecular weight excluding hydrogens is 322 g/mol. The van der Waals surface area contributed by atoms with Crippen LogP contribution in [0.5, 0.6) is 5.75 Å². The Bertz CT molecular complexity index is 831. The van der Waals surface area contributed by atoms with Gasteiger partial charge in [-0.25, -0.2) is 4.98 Å². The highest BCUT2D eigenvalue weighted by Gasteiger charge is 2.06. The average molecular weight is 341 g/mol. The van der Waals surface area contributed by atoms with Gasteiger partial charge in [0.05, 0.1) is 34.8 Å². The molecule has 3 rings (SSSR count). The lowest BCUT2D eigenvalue weighted by molar-refractivity contribution is 0.146. The lowest BCUT2D eigenvalue weighted by Crippen LogP contribution is -2.03. The Balaban J connectivity index is 1.71. The summed E-state index contributed by atoms with van der Waals surface area (Å²) in [5, 5.41) is 0.981. The number of rotatable bonds is 7. The Kier molecular flexibility index (Phi) is 5.51. The van der Waals surface area contributed by atoms with Crippen LogP contribution in [0.4, 0.5) is 0 Å². The minimum absolute atomic E-state index is 0.534. The number of aliphatic imine (C=N–C) groups is 1. The zero-order valence-corrected chi connectivity index (χ0v) is 14.5. The van der Waals surface area contributed by atoms with Crippen LogP contribution in [0.3, 0.4) is 0 Å². The van der Waals surface area contributed by atoms with E-state index in [4.69, 9.17) is 9.47 Å². The van der Waals surface area contributed by atoms with Gasteiger partial charge in [-0.15, -0.1) is 11.3 Å². The monoisotopic (exact) mass is 341 g/mol. The Morgan fingerprint density at radius 2 is 2.12 bits per heavy atom. The fraction of sp³-hybridized carbons (Fsp3) is 0.278. The van der Waals surface area contributed by atoms with Crippen LogP contribution in [-0.4, -0.2) is 36.0 Å². The summed E-state index contributed by atoms with van der Waals surface area (Å²) in [6.45, 7) is 3.63. The third-order valence-electron chi connectivity index (χ3n) is 3.45. The Morgan fingerprint density at radius 1 is 1.21 bits per heavy atom. The van der Waals surface area contributed by atoms with Crippen molar-refractivity contribution in [3.05, 3.63) is 53.3 Å². The van der Waals surface area contributed by atoms with E-state index in [9.17, 15) is 0 Å². The van der Waals surface area contributed by atoms with E-state index in [0.29, 0.717) is 19.8 Å². The predicted octanol–water partition coefficient (Wildman–Crippen LogP) is 3.73. The Morgan fingerprint density at radius 3 is 2.92 bits per heavy atom. The van der Waals surface area contributed by atoms with Gasteiger partial charge < -0.3 is 9.47 Å². The van der Waals surface area contributed by atoms with Crippen LogP contribution in [0.15, 0.2) is 47.6 Å². The normalized spacial score (nSPS) is 11.8. The molecule has 0 radical (unpaired) electrons. The molecule has 1 aromatic carbocycles. The van der Waals surface area contributed by atoms with Crippen molar-refractivity contribution < 1.29 is 9.47 Å². The molecule has 6 heteroatoms. The van der Waals surface area contributed by atoms with Crippen molar-refractivity contribution in [1.82, 2.24) is 9.97 Å². The van der Waals surface area contributed by atoms with E-state index >= 15 is 0 Å². The first-order valence-electron chi connectivity index (χ1n) is 7.70. The number of benzene rings is 1. The molecule has 2 aromatic heterocycles. The molecule has 3 aromatic rings. The van der Waals surface area contributed by atoms with Gasteiger partial charge in [0.15, 0.2) is 0 Å². The second-order valence-electron chi connectivity index (χ2n) is 5.20. The van der Waals surface area contributed by atoms with E-state index in [2.05, 4.69) is 15.0 Å². The standard InChI is InChI=1S/C18H19N3O2S/c1-13(15-5-3-4-8-19-15)20-12-18-21-16-11-14(23-10-9-22-2)6-7-17(16)24-18/h3-8,11H,9-10,12H2,1-2H3. The molecule has 124 valence electrons. The lowest BCUT2D eigenvalue weighted by Gasteiger charge is -2.04. The molecule has 0 spiro atoms. The van der Waals surface area contributed by atoms with Gasteiger partial charge in [-0.1, -0.05) is 6.07 Å². The van der Waals surface area contributed by atoms with Crippen molar-refractivity contribution in [1.29, 1.82) is 0 Å². The summed E-state index contributed by atoms with van der Waals surface area (Å²) in [7, 11) is 1.66. The molecule has 5 nitrogen and oxygen atoms in total. The summed E-state index contributed by atoms with van der Waals surface area (Å²) in [6.07, 6.45) is 1.77. The number of ether oxygens (including phenoxy) is 2. The van der Waals surface area contributed by atoms with Crippen LogP contribution < -0.4 is 4.74 Å². The van der Waals surface area contributed by atoms with E-state index in [1.54, 1.807) is 24.6 Å². The number of fused-ring (bicyclic) bond motifs is 1. The third kappa shape index (κ3) is 4.15. The molecule has 0 N–H and O–H groups in total. The maximum atomic E-state index is 5.62. The quantitative estimate of drug-likeness (QED) is 0.485. The number of nitrogens with zero attached hydrogens (tertiary/aromatic N) is 3. The van der Waals surface area contributed by atoms with Gasteiger partial charge >= 0.3 is 0 Å². The zero-order valence-electron chi connectivity index (χ0n) is 13.7. The molecule has 0 aliphatic rings. The molecule has 2 heterocycles. The number of methoxy groups -OCH3 is 1. The first kappa shape index (κ1) is 16.5. The van der Waals surface area contributed by atoms with Gasteiger partial charge in [0.2, 0.25) is 0 Å². The summed E-state index contributed by atoms with van der Waals surface area (Å²) in [6, 6.07) is 11.8. The largest absolute Gasteiger partial charge is 0.491 e. The van der Waals surface area contributed by atoms with Crippen molar-refractivity contribution in [3.8, 4) is 5.75 Å². The van der Waals surface area contributed by atoms with Gasteiger partial charge in [0.25, 0.3) is 0 Å². The van der Waals surface area contributed by atoms with Crippen molar-refractivity contribution in [2.75, 3.05) is 20.3 Å². The van der Waals surface area contributed by atoms with Crippen LogP contribution in [-0.2, 0) is 11.3 Å². The topological polar surface area (TPSA) is 56.6 Å². The minimum atomic E-state index is 0.534. The summed E-state index contributed by atoms with van der Waals surface area (Å²) < 4.78 is 11.7. The smallest absolute Gasteiger partial charge is 0.121 e. The van der Waals surface area contributed by atoms with E-state index in [0.717, 1.165) is 32.4 Å². The molecule has 0 amide bonds. The van der Waals surface area contributed by atoms with Crippen LogP contribution in [0.2, 0.25) is 0 Å². The molecule has 0 bridgehead atoms. The van der Waals surface area contributed by atoms with Gasteiger partial charge in [0, 0.05) is 19.4 Å². The summed E-state index contributed by atoms with van der Waals surface area (Å²) >= 11 is 1.65. The molecule has 0 atom stereocenters. The summed E-state index contributed by atoms with van der Waals surface area (Å²) in [5.74, 6) is 0.810. The highest BCUT2D eigenvalue weighted by molar-refractivity contribution is 7.18. The number of hydrogen-bond donors (Lipinski definition) is 0. The van der Waals surface area contributed by atoms with E-state index in [1.165, 1.54) is 0 Å². The molecule has 0 aliphatic heterocycles. The molecule has 0 unspecified atom stereocenters.